The first-order valence-corrected chi connectivity index (χ1v) is 4.56. The number of hydrogen-bond acceptors (Lipinski definition) is 4. The highest BCUT2D eigenvalue weighted by Gasteiger charge is 2.17. The van der Waals surface area contributed by atoms with Crippen LogP contribution in [0.25, 0.3) is 0 Å². The molecule has 7 heteroatoms. The van der Waals surface area contributed by atoms with Crippen molar-refractivity contribution in [3.63, 3.8) is 0 Å². The van der Waals surface area contributed by atoms with E-state index < -0.39 is 4.92 Å². The third-order valence-electron chi connectivity index (χ3n) is 1.27. The summed E-state index contributed by atoms with van der Waals surface area (Å²) < 4.78 is 5.39. The fourth-order valence-corrected chi connectivity index (χ4v) is 1.55. The van der Waals surface area contributed by atoms with Crippen molar-refractivity contribution in [3.8, 4) is 5.88 Å². The molecule has 0 amide bonds. The number of halogens is 2. The molecule has 0 bridgehead atoms. The van der Waals surface area contributed by atoms with Gasteiger partial charge in [-0.1, -0.05) is 11.6 Å². The van der Waals surface area contributed by atoms with Gasteiger partial charge in [0.25, 0.3) is 0 Å². The van der Waals surface area contributed by atoms with E-state index in [9.17, 15) is 10.1 Å². The minimum absolute atomic E-state index is 0.165. The first kappa shape index (κ1) is 10.5. The van der Waals surface area contributed by atoms with E-state index in [0.717, 1.165) is 0 Å². The quantitative estimate of drug-likeness (QED) is 0.363. The molecular formula is C6H4ClIN2O3. The van der Waals surface area contributed by atoms with Gasteiger partial charge in [0.15, 0.2) is 0 Å². The number of methoxy groups -OCH3 is 1. The van der Waals surface area contributed by atoms with Crippen molar-refractivity contribution in [2.75, 3.05) is 7.11 Å². The number of nitro groups is 1. The van der Waals surface area contributed by atoms with Crippen molar-refractivity contribution in [1.82, 2.24) is 4.98 Å². The van der Waals surface area contributed by atoms with Crippen LogP contribution in [0, 0.1) is 13.7 Å². The molecule has 0 atom stereocenters. The van der Waals surface area contributed by atoms with E-state index in [0.29, 0.717) is 3.57 Å². The minimum atomic E-state index is -0.586. The summed E-state index contributed by atoms with van der Waals surface area (Å²) in [4.78, 5) is 13.5. The lowest BCUT2D eigenvalue weighted by atomic mass is 10.4. The fourth-order valence-electron chi connectivity index (χ4n) is 0.712. The van der Waals surface area contributed by atoms with Gasteiger partial charge in [-0.25, -0.2) is 0 Å². The first-order chi connectivity index (χ1) is 6.06. The predicted octanol–water partition coefficient (Wildman–Crippen LogP) is 2.26. The van der Waals surface area contributed by atoms with Crippen molar-refractivity contribution in [2.24, 2.45) is 0 Å². The van der Waals surface area contributed by atoms with Crippen LogP contribution in [0.15, 0.2) is 6.07 Å². The number of hydrogen-bond donors (Lipinski definition) is 0. The Bertz CT molecular complexity index is 358. The highest BCUT2D eigenvalue weighted by atomic mass is 127. The summed E-state index contributed by atoms with van der Waals surface area (Å²) in [6, 6.07) is 1.31. The molecule has 0 aliphatic carbocycles. The zero-order valence-electron chi connectivity index (χ0n) is 6.45. The Hall–Kier alpha value is -0.630. The van der Waals surface area contributed by atoms with Crippen LogP contribution in [0.4, 0.5) is 5.69 Å². The lowest BCUT2D eigenvalue weighted by Gasteiger charge is -2.01. The van der Waals surface area contributed by atoms with Crippen LogP contribution in [0.5, 0.6) is 5.88 Å². The molecule has 0 saturated heterocycles. The molecule has 0 N–H and O–H groups in total. The summed E-state index contributed by atoms with van der Waals surface area (Å²) in [5.41, 5.74) is -0.216. The Balaban J connectivity index is 3.28. The number of aromatic nitrogens is 1. The molecule has 70 valence electrons. The Morgan fingerprint density at radius 3 is 2.85 bits per heavy atom. The Morgan fingerprint density at radius 2 is 2.38 bits per heavy atom. The predicted molar refractivity (Wildman–Crippen MR) is 55.2 cm³/mol. The molecule has 0 aliphatic rings. The van der Waals surface area contributed by atoms with E-state index in [-0.39, 0.29) is 16.7 Å². The minimum Gasteiger partial charge on any atom is -0.480 e. The van der Waals surface area contributed by atoms with E-state index in [1.54, 1.807) is 0 Å². The van der Waals surface area contributed by atoms with Crippen molar-refractivity contribution < 1.29 is 9.66 Å². The molecule has 1 rings (SSSR count). The second-order valence-corrected chi connectivity index (χ2v) is 3.57. The standard InChI is InChI=1S/C6H4ClIN2O3/c1-13-6-3(8)2-4(10(11)12)5(7)9-6/h2H,1H3. The average molecular weight is 314 g/mol. The average Bonchev–Trinajstić information content (AvgIpc) is 2.07. The molecule has 1 heterocycles. The van der Waals surface area contributed by atoms with Crippen molar-refractivity contribution in [3.05, 3.63) is 24.9 Å². The third kappa shape index (κ3) is 2.19. The number of rotatable bonds is 2. The van der Waals surface area contributed by atoms with Crippen molar-refractivity contribution in [2.45, 2.75) is 0 Å². The second kappa shape index (κ2) is 4.05. The summed E-state index contributed by atoms with van der Waals surface area (Å²) in [5, 5.41) is 10.2. The maximum absolute atomic E-state index is 10.4. The van der Waals surface area contributed by atoms with Gasteiger partial charge in [0.05, 0.1) is 15.6 Å². The molecular weight excluding hydrogens is 310 g/mol. The molecule has 1 aromatic heterocycles. The Kier molecular flexibility index (Phi) is 3.26. The summed E-state index contributed by atoms with van der Waals surface area (Å²) in [5.74, 6) is 0.288. The highest BCUT2D eigenvalue weighted by molar-refractivity contribution is 14.1. The number of pyridine rings is 1. The fraction of sp³-hybridized carbons (Fsp3) is 0.167. The Morgan fingerprint density at radius 1 is 1.77 bits per heavy atom. The van der Waals surface area contributed by atoms with Gasteiger partial charge in [-0.05, 0) is 22.6 Å². The van der Waals surface area contributed by atoms with Crippen LogP contribution in [0.3, 0.4) is 0 Å². The zero-order valence-corrected chi connectivity index (χ0v) is 9.37. The maximum Gasteiger partial charge on any atom is 0.307 e. The second-order valence-electron chi connectivity index (χ2n) is 2.05. The normalized spacial score (nSPS) is 9.77. The molecule has 13 heavy (non-hydrogen) atoms. The van der Waals surface area contributed by atoms with Crippen LogP contribution >= 0.6 is 34.2 Å². The van der Waals surface area contributed by atoms with Crippen LogP contribution in [-0.2, 0) is 0 Å². The topological polar surface area (TPSA) is 65.3 Å². The molecule has 0 spiro atoms. The smallest absolute Gasteiger partial charge is 0.307 e. The summed E-state index contributed by atoms with van der Waals surface area (Å²) in [7, 11) is 1.42. The summed E-state index contributed by atoms with van der Waals surface area (Å²) in [6.07, 6.45) is 0. The van der Waals surface area contributed by atoms with Gasteiger partial charge in [-0.2, -0.15) is 4.98 Å². The molecule has 0 aliphatic heterocycles. The van der Waals surface area contributed by atoms with E-state index in [2.05, 4.69) is 4.98 Å². The zero-order chi connectivity index (χ0) is 10.0. The van der Waals surface area contributed by atoms with Crippen LogP contribution in [0.1, 0.15) is 0 Å². The van der Waals surface area contributed by atoms with Crippen LogP contribution < -0.4 is 4.74 Å². The van der Waals surface area contributed by atoms with Crippen molar-refractivity contribution in [1.29, 1.82) is 0 Å². The molecule has 1 aromatic rings. The monoisotopic (exact) mass is 314 g/mol. The van der Waals surface area contributed by atoms with Gasteiger partial charge in [-0.3, -0.25) is 10.1 Å². The summed E-state index contributed by atoms with van der Waals surface area (Å²) >= 11 is 7.42. The van der Waals surface area contributed by atoms with Crippen LogP contribution in [-0.4, -0.2) is 17.0 Å². The van der Waals surface area contributed by atoms with Gasteiger partial charge >= 0.3 is 5.69 Å². The van der Waals surface area contributed by atoms with Gasteiger partial charge in [0.1, 0.15) is 0 Å². The van der Waals surface area contributed by atoms with E-state index in [1.807, 2.05) is 22.6 Å². The van der Waals surface area contributed by atoms with Gasteiger partial charge in [-0.15, -0.1) is 0 Å². The highest BCUT2D eigenvalue weighted by Crippen LogP contribution is 2.29. The van der Waals surface area contributed by atoms with Gasteiger partial charge < -0.3 is 4.74 Å². The largest absolute Gasteiger partial charge is 0.480 e. The molecule has 0 saturated carbocycles. The lowest BCUT2D eigenvalue weighted by molar-refractivity contribution is -0.385. The Labute approximate surface area is 92.3 Å². The van der Waals surface area contributed by atoms with E-state index >= 15 is 0 Å². The molecule has 0 radical (unpaired) electrons. The molecule has 5 nitrogen and oxygen atoms in total. The third-order valence-corrected chi connectivity index (χ3v) is 2.32. The van der Waals surface area contributed by atoms with E-state index in [1.165, 1.54) is 13.2 Å². The first-order valence-electron chi connectivity index (χ1n) is 3.10. The maximum atomic E-state index is 10.4. The van der Waals surface area contributed by atoms with Gasteiger partial charge in [0, 0.05) is 6.07 Å². The van der Waals surface area contributed by atoms with Gasteiger partial charge in [0.2, 0.25) is 11.0 Å². The molecule has 0 aromatic carbocycles. The summed E-state index contributed by atoms with van der Waals surface area (Å²) in [6.45, 7) is 0. The molecule has 0 unspecified atom stereocenters. The lowest BCUT2D eigenvalue weighted by Crippen LogP contribution is -1.96. The number of ether oxygens (including phenoxy) is 1. The molecule has 0 fully saturated rings. The SMILES string of the molecule is COc1nc(Cl)c([N+](=O)[O-])cc1I. The van der Waals surface area contributed by atoms with E-state index in [4.69, 9.17) is 16.3 Å². The van der Waals surface area contributed by atoms with Crippen molar-refractivity contribution >= 4 is 39.9 Å². The number of nitrogens with zero attached hydrogens (tertiary/aromatic N) is 2. The van der Waals surface area contributed by atoms with Crippen LogP contribution in [0.2, 0.25) is 5.15 Å².